The minimum Gasteiger partial charge on any atom is -0.462 e. The van der Waals surface area contributed by atoms with Crippen LogP contribution in [0.2, 0.25) is 0 Å². The molecule has 2 aromatic carbocycles. The lowest BCUT2D eigenvalue weighted by molar-refractivity contribution is -0.113. The molecule has 7 nitrogen and oxygen atoms in total. The van der Waals surface area contributed by atoms with Crippen LogP contribution in [0.15, 0.2) is 62.6 Å². The van der Waals surface area contributed by atoms with E-state index in [1.54, 1.807) is 24.3 Å². The second-order valence-electron chi connectivity index (χ2n) is 5.90. The molecule has 29 heavy (non-hydrogen) atoms. The van der Waals surface area contributed by atoms with E-state index in [2.05, 4.69) is 31.4 Å². The molecule has 1 amide bonds. The number of hydrogen-bond donors (Lipinski definition) is 1. The van der Waals surface area contributed by atoms with E-state index in [1.807, 2.05) is 31.2 Å². The first-order valence-corrected chi connectivity index (χ1v) is 10.6. The highest BCUT2D eigenvalue weighted by atomic mass is 79.9. The molecule has 3 aromatic rings. The van der Waals surface area contributed by atoms with Crippen LogP contribution in [0.1, 0.15) is 23.7 Å². The molecule has 0 radical (unpaired) electrons. The van der Waals surface area contributed by atoms with Crippen LogP contribution in [0.4, 0.5) is 5.69 Å². The van der Waals surface area contributed by atoms with Gasteiger partial charge in [0, 0.05) is 10.2 Å². The van der Waals surface area contributed by atoms with E-state index in [1.165, 1.54) is 0 Å². The highest BCUT2D eigenvalue weighted by molar-refractivity contribution is 9.10. The zero-order valence-electron chi connectivity index (χ0n) is 15.6. The average molecular weight is 476 g/mol. The molecule has 0 fully saturated rings. The van der Waals surface area contributed by atoms with Crippen molar-refractivity contribution in [3.8, 4) is 11.5 Å². The van der Waals surface area contributed by atoms with E-state index in [0.717, 1.165) is 28.2 Å². The molecule has 1 heterocycles. The van der Waals surface area contributed by atoms with E-state index < -0.39 is 0 Å². The Balaban J connectivity index is 1.51. The molecule has 0 unspecified atom stereocenters. The summed E-state index contributed by atoms with van der Waals surface area (Å²) in [7, 11) is 0. The van der Waals surface area contributed by atoms with Crippen LogP contribution < -0.4 is 5.32 Å². The van der Waals surface area contributed by atoms with E-state index in [0.29, 0.717) is 29.0 Å². The van der Waals surface area contributed by atoms with Crippen LogP contribution in [-0.4, -0.2) is 34.4 Å². The van der Waals surface area contributed by atoms with Gasteiger partial charge in [0.1, 0.15) is 0 Å². The van der Waals surface area contributed by atoms with Gasteiger partial charge in [-0.1, -0.05) is 30.8 Å². The Morgan fingerprint density at radius 2 is 1.90 bits per heavy atom. The topological polar surface area (TPSA) is 94.3 Å². The number of hydrogen-bond acceptors (Lipinski definition) is 7. The highest BCUT2D eigenvalue weighted by Crippen LogP contribution is 2.29. The minimum absolute atomic E-state index is 0.109. The summed E-state index contributed by atoms with van der Waals surface area (Å²) in [5.41, 5.74) is 1.81. The summed E-state index contributed by atoms with van der Waals surface area (Å²) in [4.78, 5) is 23.9. The second-order valence-corrected chi connectivity index (χ2v) is 7.68. The number of benzene rings is 2. The summed E-state index contributed by atoms with van der Waals surface area (Å²) in [6.45, 7) is 2.31. The molecule has 0 spiro atoms. The summed E-state index contributed by atoms with van der Waals surface area (Å²) in [6, 6.07) is 14.1. The molecule has 0 saturated heterocycles. The molecule has 1 N–H and O–H groups in total. The van der Waals surface area contributed by atoms with Crippen LogP contribution in [0.3, 0.4) is 0 Å². The largest absolute Gasteiger partial charge is 0.462 e. The Labute approximate surface area is 180 Å². The average Bonchev–Trinajstić information content (AvgIpc) is 3.20. The molecule has 3 rings (SSSR count). The first kappa shape index (κ1) is 21.1. The van der Waals surface area contributed by atoms with Gasteiger partial charge in [-0.2, -0.15) is 0 Å². The van der Waals surface area contributed by atoms with Crippen LogP contribution in [0.5, 0.6) is 0 Å². The van der Waals surface area contributed by atoms with Crippen molar-refractivity contribution >= 4 is 45.3 Å². The highest BCUT2D eigenvalue weighted by Gasteiger charge is 2.13. The van der Waals surface area contributed by atoms with Gasteiger partial charge in [-0.25, -0.2) is 4.79 Å². The van der Waals surface area contributed by atoms with Gasteiger partial charge in [-0.05, 0) is 58.7 Å². The van der Waals surface area contributed by atoms with Crippen LogP contribution in [0.25, 0.3) is 11.5 Å². The number of carbonyl (C=O) groups is 2. The Bertz CT molecular complexity index is 991. The van der Waals surface area contributed by atoms with Gasteiger partial charge >= 0.3 is 5.97 Å². The molecule has 0 aliphatic carbocycles. The molecule has 0 atom stereocenters. The lowest BCUT2D eigenvalue weighted by Crippen LogP contribution is -2.14. The minimum atomic E-state index is -0.377. The lowest BCUT2D eigenvalue weighted by atomic mass is 10.2. The summed E-state index contributed by atoms with van der Waals surface area (Å²) in [5, 5.41) is 11.0. The van der Waals surface area contributed by atoms with Gasteiger partial charge in [-0.15, -0.1) is 10.2 Å². The molecule has 0 aliphatic rings. The van der Waals surface area contributed by atoms with Crippen LogP contribution in [0, 0.1) is 0 Å². The predicted octanol–water partition coefficient (Wildman–Crippen LogP) is 4.80. The second kappa shape index (κ2) is 10.2. The van der Waals surface area contributed by atoms with Gasteiger partial charge < -0.3 is 14.5 Å². The van der Waals surface area contributed by atoms with Crippen molar-refractivity contribution in [2.45, 2.75) is 18.6 Å². The summed E-state index contributed by atoms with van der Waals surface area (Å²) in [5.74, 6) is -0.113. The molecular formula is C20H18BrN3O4S. The van der Waals surface area contributed by atoms with Crippen LogP contribution in [-0.2, 0) is 9.53 Å². The molecule has 0 aliphatic heterocycles. The fourth-order valence-corrected chi connectivity index (χ4v) is 3.32. The first-order valence-electron chi connectivity index (χ1n) is 8.85. The third-order valence-corrected chi connectivity index (χ3v) is 5.19. The van der Waals surface area contributed by atoms with Crippen molar-refractivity contribution in [3.05, 3.63) is 58.6 Å². The number of aromatic nitrogens is 2. The summed E-state index contributed by atoms with van der Waals surface area (Å²) in [6.07, 6.45) is 0.766. The number of thioether (sulfide) groups is 1. The van der Waals surface area contributed by atoms with Gasteiger partial charge in [0.25, 0.3) is 5.22 Å². The van der Waals surface area contributed by atoms with E-state index in [9.17, 15) is 9.59 Å². The monoisotopic (exact) mass is 475 g/mol. The zero-order valence-corrected chi connectivity index (χ0v) is 18.0. The number of esters is 1. The number of halogens is 1. The van der Waals surface area contributed by atoms with Crippen molar-refractivity contribution < 1.29 is 18.7 Å². The van der Waals surface area contributed by atoms with E-state index in [-0.39, 0.29) is 17.6 Å². The van der Waals surface area contributed by atoms with Crippen molar-refractivity contribution in [2.24, 2.45) is 0 Å². The van der Waals surface area contributed by atoms with Gasteiger partial charge in [0.2, 0.25) is 11.8 Å². The quantitative estimate of drug-likeness (QED) is 0.369. The third kappa shape index (κ3) is 5.91. The molecule has 0 bridgehead atoms. The number of anilines is 1. The number of amides is 1. The van der Waals surface area contributed by atoms with Crippen molar-refractivity contribution in [1.29, 1.82) is 0 Å². The maximum atomic E-state index is 12.2. The summed E-state index contributed by atoms with van der Waals surface area (Å²) >= 11 is 4.58. The van der Waals surface area contributed by atoms with Gasteiger partial charge in [0.05, 0.1) is 23.5 Å². The van der Waals surface area contributed by atoms with Crippen molar-refractivity contribution in [1.82, 2.24) is 10.2 Å². The molecule has 0 saturated carbocycles. The van der Waals surface area contributed by atoms with Gasteiger partial charge in [0.15, 0.2) is 0 Å². The molecule has 150 valence electrons. The van der Waals surface area contributed by atoms with E-state index in [4.69, 9.17) is 9.15 Å². The number of ether oxygens (including phenoxy) is 1. The number of carbonyl (C=O) groups excluding carboxylic acids is 2. The summed E-state index contributed by atoms with van der Waals surface area (Å²) < 4.78 is 11.5. The maximum absolute atomic E-state index is 12.2. The standard InChI is InChI=1S/C20H18BrN3O4S/c1-2-11-27-19(26)13-7-9-14(10-8-13)22-17(25)12-29-20-24-23-18(28-20)15-5-3-4-6-16(15)21/h3-10H,2,11-12H2,1H3,(H,22,25). The van der Waals surface area contributed by atoms with E-state index >= 15 is 0 Å². The number of nitrogens with one attached hydrogen (secondary N) is 1. The van der Waals surface area contributed by atoms with Crippen molar-refractivity contribution in [3.63, 3.8) is 0 Å². The smallest absolute Gasteiger partial charge is 0.338 e. The SMILES string of the molecule is CCCOC(=O)c1ccc(NC(=O)CSc2nnc(-c3ccccc3Br)o2)cc1. The zero-order chi connectivity index (χ0) is 20.6. The fraction of sp³-hybridized carbons (Fsp3) is 0.200. The van der Waals surface area contributed by atoms with Crippen molar-refractivity contribution in [2.75, 3.05) is 17.7 Å². The lowest BCUT2D eigenvalue weighted by Gasteiger charge is -2.06. The Morgan fingerprint density at radius 3 is 2.62 bits per heavy atom. The third-order valence-electron chi connectivity index (χ3n) is 3.68. The molecular weight excluding hydrogens is 458 g/mol. The Morgan fingerprint density at radius 1 is 1.14 bits per heavy atom. The normalized spacial score (nSPS) is 10.6. The molecule has 1 aromatic heterocycles. The van der Waals surface area contributed by atoms with Crippen LogP contribution >= 0.6 is 27.7 Å². The fourth-order valence-electron chi connectivity index (χ4n) is 2.30. The Hall–Kier alpha value is -2.65. The Kier molecular flexibility index (Phi) is 7.42. The maximum Gasteiger partial charge on any atom is 0.338 e. The van der Waals surface area contributed by atoms with Gasteiger partial charge in [-0.3, -0.25) is 4.79 Å². The number of rotatable bonds is 8. The number of nitrogens with zero attached hydrogens (tertiary/aromatic N) is 2. The predicted molar refractivity (Wildman–Crippen MR) is 114 cm³/mol. The first-order chi connectivity index (χ1) is 14.1. The molecule has 9 heteroatoms.